The molecular weight excluding hydrogens is 140 g/mol. The average Bonchev–Trinajstić information content (AvgIpc) is 2.36. The highest BCUT2D eigenvalue weighted by atomic mass is 16.5. The van der Waals surface area contributed by atoms with Crippen LogP contribution in [-0.4, -0.2) is 23.5 Å². The molecule has 0 fully saturated rings. The summed E-state index contributed by atoms with van der Waals surface area (Å²) in [4.78, 5) is 0. The van der Waals surface area contributed by atoms with Gasteiger partial charge in [0.2, 0.25) is 0 Å². The number of aryl methyl sites for hydroxylation is 1. The fourth-order valence-electron chi connectivity index (χ4n) is 0.992. The molecule has 0 saturated carbocycles. The molecule has 0 saturated heterocycles. The van der Waals surface area contributed by atoms with Crippen LogP contribution in [0.1, 0.15) is 18.5 Å². The van der Waals surface area contributed by atoms with E-state index in [0.29, 0.717) is 12.6 Å². The first-order chi connectivity index (χ1) is 5.24. The van der Waals surface area contributed by atoms with Crippen LogP contribution in [0.3, 0.4) is 0 Å². The van der Waals surface area contributed by atoms with Gasteiger partial charge in [-0.2, -0.15) is 5.10 Å². The first kappa shape index (κ1) is 8.27. The van der Waals surface area contributed by atoms with E-state index in [0.717, 1.165) is 0 Å². The van der Waals surface area contributed by atoms with Crippen molar-refractivity contribution in [3.05, 3.63) is 18.0 Å². The summed E-state index contributed by atoms with van der Waals surface area (Å²) in [5, 5.41) is 4.17. The first-order valence-corrected chi connectivity index (χ1v) is 3.73. The van der Waals surface area contributed by atoms with Crippen LogP contribution in [-0.2, 0) is 4.74 Å². The maximum absolute atomic E-state index is 5.01. The molecule has 0 bridgehead atoms. The van der Waals surface area contributed by atoms with Gasteiger partial charge in [0.15, 0.2) is 0 Å². The van der Waals surface area contributed by atoms with Gasteiger partial charge in [-0.3, -0.25) is 4.68 Å². The van der Waals surface area contributed by atoms with E-state index in [9.17, 15) is 0 Å². The molecule has 1 aromatic heterocycles. The van der Waals surface area contributed by atoms with Crippen LogP contribution < -0.4 is 0 Å². The molecule has 0 aliphatic carbocycles. The topological polar surface area (TPSA) is 27.1 Å². The summed E-state index contributed by atoms with van der Waals surface area (Å²) in [6, 6.07) is 0.327. The standard InChI is InChI=1S/C8H14N2O/c1-7-4-9-10(5-7)8(2)6-11-3/h4-5,8H,6H2,1-3H3/t8-/m0/s1. The minimum atomic E-state index is 0.327. The van der Waals surface area contributed by atoms with Gasteiger partial charge in [-0.15, -0.1) is 0 Å². The molecule has 1 atom stereocenters. The lowest BCUT2D eigenvalue weighted by molar-refractivity contribution is 0.157. The number of aromatic nitrogens is 2. The van der Waals surface area contributed by atoms with Gasteiger partial charge >= 0.3 is 0 Å². The van der Waals surface area contributed by atoms with E-state index in [1.54, 1.807) is 7.11 Å². The molecular formula is C8H14N2O. The summed E-state index contributed by atoms with van der Waals surface area (Å²) >= 11 is 0. The summed E-state index contributed by atoms with van der Waals surface area (Å²) in [7, 11) is 1.70. The molecule has 1 heterocycles. The Morgan fingerprint density at radius 1 is 1.73 bits per heavy atom. The largest absolute Gasteiger partial charge is 0.382 e. The maximum atomic E-state index is 5.01. The van der Waals surface area contributed by atoms with E-state index in [2.05, 4.69) is 12.0 Å². The highest BCUT2D eigenvalue weighted by Gasteiger charge is 2.03. The van der Waals surface area contributed by atoms with Gasteiger partial charge in [-0.25, -0.2) is 0 Å². The van der Waals surface area contributed by atoms with Gasteiger partial charge in [0, 0.05) is 13.3 Å². The molecule has 62 valence electrons. The van der Waals surface area contributed by atoms with Crippen molar-refractivity contribution in [1.29, 1.82) is 0 Å². The van der Waals surface area contributed by atoms with E-state index in [-0.39, 0.29) is 0 Å². The van der Waals surface area contributed by atoms with Crippen LogP contribution in [0.25, 0.3) is 0 Å². The van der Waals surface area contributed by atoms with Crippen molar-refractivity contribution in [1.82, 2.24) is 9.78 Å². The lowest BCUT2D eigenvalue weighted by Crippen LogP contribution is -2.11. The predicted molar refractivity (Wildman–Crippen MR) is 43.6 cm³/mol. The summed E-state index contributed by atoms with van der Waals surface area (Å²) in [6.45, 7) is 4.82. The van der Waals surface area contributed by atoms with Crippen LogP contribution in [0.15, 0.2) is 12.4 Å². The Kier molecular flexibility index (Phi) is 2.65. The fraction of sp³-hybridized carbons (Fsp3) is 0.625. The highest BCUT2D eigenvalue weighted by Crippen LogP contribution is 2.05. The molecule has 1 rings (SSSR count). The molecule has 0 aromatic carbocycles. The van der Waals surface area contributed by atoms with E-state index in [4.69, 9.17) is 4.74 Å². The number of rotatable bonds is 3. The Balaban J connectivity index is 2.60. The summed E-state index contributed by atoms with van der Waals surface area (Å²) < 4.78 is 6.92. The zero-order chi connectivity index (χ0) is 8.27. The molecule has 1 aromatic rings. The third-order valence-electron chi connectivity index (χ3n) is 1.59. The van der Waals surface area contributed by atoms with Crippen molar-refractivity contribution in [2.24, 2.45) is 0 Å². The lowest BCUT2D eigenvalue weighted by Gasteiger charge is -2.09. The van der Waals surface area contributed by atoms with Gasteiger partial charge in [0.25, 0.3) is 0 Å². The van der Waals surface area contributed by atoms with Crippen molar-refractivity contribution in [2.45, 2.75) is 19.9 Å². The number of hydrogen-bond acceptors (Lipinski definition) is 2. The minimum absolute atomic E-state index is 0.327. The molecule has 0 spiro atoms. The molecule has 3 nitrogen and oxygen atoms in total. The molecule has 3 heteroatoms. The molecule has 0 radical (unpaired) electrons. The van der Waals surface area contributed by atoms with Crippen molar-refractivity contribution in [2.75, 3.05) is 13.7 Å². The summed E-state index contributed by atoms with van der Waals surface area (Å²) in [6.07, 6.45) is 3.87. The Labute approximate surface area is 67.0 Å². The first-order valence-electron chi connectivity index (χ1n) is 3.73. The number of methoxy groups -OCH3 is 1. The normalized spacial score (nSPS) is 13.4. The molecule has 0 N–H and O–H groups in total. The minimum Gasteiger partial charge on any atom is -0.382 e. The second kappa shape index (κ2) is 3.53. The molecule has 0 amide bonds. The van der Waals surface area contributed by atoms with Crippen LogP contribution in [0.4, 0.5) is 0 Å². The SMILES string of the molecule is COC[C@H](C)n1cc(C)cn1. The van der Waals surface area contributed by atoms with Crippen molar-refractivity contribution >= 4 is 0 Å². The van der Waals surface area contributed by atoms with Crippen LogP contribution in [0.5, 0.6) is 0 Å². The van der Waals surface area contributed by atoms with E-state index in [1.807, 2.05) is 24.0 Å². The van der Waals surface area contributed by atoms with E-state index >= 15 is 0 Å². The van der Waals surface area contributed by atoms with E-state index in [1.165, 1.54) is 5.56 Å². The number of ether oxygens (including phenoxy) is 1. The highest BCUT2D eigenvalue weighted by molar-refractivity contribution is 5.00. The zero-order valence-electron chi connectivity index (χ0n) is 7.24. The Hall–Kier alpha value is -0.830. The van der Waals surface area contributed by atoms with Gasteiger partial charge in [-0.05, 0) is 19.4 Å². The van der Waals surface area contributed by atoms with Crippen LogP contribution in [0, 0.1) is 6.92 Å². The Morgan fingerprint density at radius 3 is 2.91 bits per heavy atom. The van der Waals surface area contributed by atoms with Gasteiger partial charge < -0.3 is 4.74 Å². The van der Waals surface area contributed by atoms with Gasteiger partial charge in [-0.1, -0.05) is 0 Å². The zero-order valence-corrected chi connectivity index (χ0v) is 7.24. The maximum Gasteiger partial charge on any atom is 0.0724 e. The van der Waals surface area contributed by atoms with Gasteiger partial charge in [0.05, 0.1) is 18.8 Å². The van der Waals surface area contributed by atoms with Gasteiger partial charge in [0.1, 0.15) is 0 Å². The summed E-state index contributed by atoms with van der Waals surface area (Å²) in [5.41, 5.74) is 1.19. The molecule has 0 aliphatic heterocycles. The van der Waals surface area contributed by atoms with Crippen molar-refractivity contribution in [3.63, 3.8) is 0 Å². The van der Waals surface area contributed by atoms with Crippen LogP contribution in [0.2, 0.25) is 0 Å². The lowest BCUT2D eigenvalue weighted by atomic mass is 10.3. The molecule has 0 unspecified atom stereocenters. The monoisotopic (exact) mass is 154 g/mol. The summed E-state index contributed by atoms with van der Waals surface area (Å²) in [5.74, 6) is 0. The van der Waals surface area contributed by atoms with E-state index < -0.39 is 0 Å². The number of hydrogen-bond donors (Lipinski definition) is 0. The average molecular weight is 154 g/mol. The molecule has 11 heavy (non-hydrogen) atoms. The van der Waals surface area contributed by atoms with Crippen molar-refractivity contribution in [3.8, 4) is 0 Å². The Bertz CT molecular complexity index is 220. The quantitative estimate of drug-likeness (QED) is 0.658. The Morgan fingerprint density at radius 2 is 2.45 bits per heavy atom. The molecule has 0 aliphatic rings. The number of nitrogens with zero attached hydrogens (tertiary/aromatic N) is 2. The third-order valence-corrected chi connectivity index (χ3v) is 1.59. The predicted octanol–water partition coefficient (Wildman–Crippen LogP) is 1.40. The smallest absolute Gasteiger partial charge is 0.0724 e. The second-order valence-corrected chi connectivity index (χ2v) is 2.80. The third kappa shape index (κ3) is 2.05. The fourth-order valence-corrected chi connectivity index (χ4v) is 0.992. The van der Waals surface area contributed by atoms with Crippen LogP contribution >= 0.6 is 0 Å². The van der Waals surface area contributed by atoms with Crippen molar-refractivity contribution < 1.29 is 4.74 Å². The second-order valence-electron chi connectivity index (χ2n) is 2.80.